The van der Waals surface area contributed by atoms with Crippen LogP contribution in [-0.2, 0) is 11.2 Å². The summed E-state index contributed by atoms with van der Waals surface area (Å²) in [6.07, 6.45) is 0.731. The molecule has 9 heteroatoms. The summed E-state index contributed by atoms with van der Waals surface area (Å²) in [5.74, 6) is 1.45. The molecule has 0 saturated carbocycles. The Morgan fingerprint density at radius 3 is 2.73 bits per heavy atom. The number of carbonyl (C=O) groups excluding carboxylic acids is 1. The van der Waals surface area contributed by atoms with Crippen LogP contribution in [0.2, 0.25) is 5.02 Å². The molecule has 3 aromatic rings. The van der Waals surface area contributed by atoms with Gasteiger partial charge in [0.2, 0.25) is 11.1 Å². The van der Waals surface area contributed by atoms with Gasteiger partial charge in [-0.25, -0.2) is 4.68 Å². The second-order valence-electron chi connectivity index (χ2n) is 6.91. The van der Waals surface area contributed by atoms with Gasteiger partial charge in [0, 0.05) is 17.1 Å². The lowest BCUT2D eigenvalue weighted by atomic mass is 10.0. The lowest BCUT2D eigenvalue weighted by Gasteiger charge is -2.33. The van der Waals surface area contributed by atoms with Gasteiger partial charge in [-0.05, 0) is 42.3 Å². The van der Waals surface area contributed by atoms with Gasteiger partial charge in [0.15, 0.2) is 5.82 Å². The molecule has 30 heavy (non-hydrogen) atoms. The van der Waals surface area contributed by atoms with E-state index in [0.29, 0.717) is 15.9 Å². The summed E-state index contributed by atoms with van der Waals surface area (Å²) in [6.45, 7) is 3.90. The Labute approximate surface area is 184 Å². The number of ether oxygens (including phenoxy) is 1. The third-order valence-electron chi connectivity index (χ3n) is 5.08. The Morgan fingerprint density at radius 2 is 2.03 bits per heavy atom. The molecule has 0 bridgehead atoms. The van der Waals surface area contributed by atoms with Gasteiger partial charge in [-0.2, -0.15) is 0 Å². The van der Waals surface area contributed by atoms with Crippen molar-refractivity contribution < 1.29 is 9.53 Å². The molecule has 1 aromatic heterocycles. The molecule has 1 aliphatic heterocycles. The second kappa shape index (κ2) is 8.57. The van der Waals surface area contributed by atoms with Gasteiger partial charge in [0.1, 0.15) is 11.0 Å². The Hall–Kier alpha value is -2.71. The Morgan fingerprint density at radius 1 is 1.27 bits per heavy atom. The third-order valence-corrected chi connectivity index (χ3v) is 6.70. The molecule has 0 spiro atoms. The molecule has 0 unspecified atom stereocenters. The van der Waals surface area contributed by atoms with Crippen LogP contribution in [0, 0.1) is 6.92 Å². The fourth-order valence-corrected chi connectivity index (χ4v) is 4.61. The van der Waals surface area contributed by atoms with Gasteiger partial charge >= 0.3 is 0 Å². The van der Waals surface area contributed by atoms with E-state index in [1.807, 2.05) is 54.9 Å². The van der Waals surface area contributed by atoms with Gasteiger partial charge in [-0.1, -0.05) is 48.5 Å². The lowest BCUT2D eigenvalue weighted by molar-refractivity contribution is -0.116. The van der Waals surface area contributed by atoms with Crippen molar-refractivity contribution in [3.63, 3.8) is 0 Å². The second-order valence-corrected chi connectivity index (χ2v) is 8.42. The fourth-order valence-electron chi connectivity index (χ4n) is 3.34. The molecular formula is C21H22ClN5O2S. The first-order chi connectivity index (χ1) is 14.5. The van der Waals surface area contributed by atoms with Crippen LogP contribution in [0.5, 0.6) is 5.75 Å². The maximum Gasteiger partial charge on any atom is 0.240 e. The molecule has 4 rings (SSSR count). The molecule has 2 atom stereocenters. The zero-order chi connectivity index (χ0) is 21.3. The molecule has 2 aromatic carbocycles. The topological polar surface area (TPSA) is 81.1 Å². The molecule has 156 valence electrons. The number of hydrogen-bond donors (Lipinski definition) is 2. The standard InChI is InChI=1S/C21H22ClN5O2S/c1-4-17-24-25-21-27(17)26-18(13-8-10-14(29-3)11-9-13)19(30-21)20(28)23-16-7-5-6-15(22)12(16)2/h5-11,18-19,26H,4H2,1-3H3,(H,23,28)/t18-,19+/m0/s1. The van der Waals surface area contributed by atoms with Crippen LogP contribution >= 0.6 is 23.4 Å². The number of rotatable bonds is 5. The number of nitrogens with one attached hydrogen (secondary N) is 2. The number of nitrogens with zero attached hydrogens (tertiary/aromatic N) is 3. The van der Waals surface area contributed by atoms with Gasteiger partial charge in [0.25, 0.3) is 0 Å². The van der Waals surface area contributed by atoms with E-state index >= 15 is 0 Å². The lowest BCUT2D eigenvalue weighted by Crippen LogP contribution is -2.41. The average molecular weight is 444 g/mol. The van der Waals surface area contributed by atoms with Crippen molar-refractivity contribution in [2.45, 2.75) is 36.7 Å². The SMILES string of the molecule is CCc1nnc2n1N[C@@H](c1ccc(OC)cc1)[C@H](C(=O)Nc1cccc(Cl)c1C)S2. The molecule has 1 amide bonds. The highest BCUT2D eigenvalue weighted by Crippen LogP contribution is 2.38. The number of amides is 1. The summed E-state index contributed by atoms with van der Waals surface area (Å²) in [7, 11) is 1.63. The quantitative estimate of drug-likeness (QED) is 0.614. The summed E-state index contributed by atoms with van der Waals surface area (Å²) in [4.78, 5) is 13.3. The highest BCUT2D eigenvalue weighted by molar-refractivity contribution is 8.00. The van der Waals surface area contributed by atoms with Crippen molar-refractivity contribution in [1.29, 1.82) is 0 Å². The van der Waals surface area contributed by atoms with Crippen LogP contribution in [0.4, 0.5) is 5.69 Å². The van der Waals surface area contributed by atoms with Crippen LogP contribution in [-0.4, -0.2) is 33.1 Å². The summed E-state index contributed by atoms with van der Waals surface area (Å²) >= 11 is 7.61. The van der Waals surface area contributed by atoms with Crippen LogP contribution in [0.25, 0.3) is 0 Å². The number of thioether (sulfide) groups is 1. The molecule has 2 N–H and O–H groups in total. The molecule has 1 aliphatic rings. The van der Waals surface area contributed by atoms with Crippen LogP contribution in [0.1, 0.15) is 29.9 Å². The molecular weight excluding hydrogens is 422 g/mol. The zero-order valence-electron chi connectivity index (χ0n) is 16.8. The molecule has 2 heterocycles. The van der Waals surface area contributed by atoms with E-state index in [-0.39, 0.29) is 11.9 Å². The number of fused-ring (bicyclic) bond motifs is 1. The van der Waals surface area contributed by atoms with Gasteiger partial charge in [0.05, 0.1) is 13.2 Å². The van der Waals surface area contributed by atoms with Crippen LogP contribution in [0.15, 0.2) is 47.6 Å². The smallest absolute Gasteiger partial charge is 0.240 e. The van der Waals surface area contributed by atoms with Gasteiger partial charge in [-0.15, -0.1) is 10.2 Å². The number of methoxy groups -OCH3 is 1. The maximum atomic E-state index is 13.3. The molecule has 0 fully saturated rings. The minimum absolute atomic E-state index is 0.133. The Bertz CT molecular complexity index is 1070. The van der Waals surface area contributed by atoms with Crippen LogP contribution in [0.3, 0.4) is 0 Å². The van der Waals surface area contributed by atoms with Crippen molar-refractivity contribution in [3.8, 4) is 5.75 Å². The van der Waals surface area contributed by atoms with Crippen molar-refractivity contribution in [2.24, 2.45) is 0 Å². The Kier molecular flexibility index (Phi) is 5.87. The predicted octanol–water partition coefficient (Wildman–Crippen LogP) is 4.21. The number of anilines is 1. The largest absolute Gasteiger partial charge is 0.497 e. The van der Waals surface area contributed by atoms with Gasteiger partial charge < -0.3 is 15.5 Å². The van der Waals surface area contributed by atoms with E-state index in [1.165, 1.54) is 11.8 Å². The zero-order valence-corrected chi connectivity index (χ0v) is 18.4. The number of halogens is 1. The maximum absolute atomic E-state index is 13.3. The number of hydrogen-bond acceptors (Lipinski definition) is 6. The first-order valence-corrected chi connectivity index (χ1v) is 10.8. The first kappa shape index (κ1) is 20.6. The summed E-state index contributed by atoms with van der Waals surface area (Å²) in [5, 5.41) is 12.3. The van der Waals surface area contributed by atoms with E-state index in [2.05, 4.69) is 20.9 Å². The predicted molar refractivity (Wildman–Crippen MR) is 119 cm³/mol. The van der Waals surface area contributed by atoms with Crippen LogP contribution < -0.4 is 15.5 Å². The molecule has 0 saturated heterocycles. The minimum atomic E-state index is -0.460. The average Bonchev–Trinajstić information content (AvgIpc) is 3.18. The van der Waals surface area contributed by atoms with E-state index in [0.717, 1.165) is 29.1 Å². The molecule has 0 aliphatic carbocycles. The van der Waals surface area contributed by atoms with E-state index in [4.69, 9.17) is 16.3 Å². The highest BCUT2D eigenvalue weighted by atomic mass is 35.5. The van der Waals surface area contributed by atoms with E-state index in [9.17, 15) is 4.79 Å². The summed E-state index contributed by atoms with van der Waals surface area (Å²) < 4.78 is 7.14. The summed E-state index contributed by atoms with van der Waals surface area (Å²) in [6, 6.07) is 12.9. The number of carbonyl (C=O) groups is 1. The van der Waals surface area contributed by atoms with E-state index < -0.39 is 5.25 Å². The Balaban J connectivity index is 1.68. The van der Waals surface area contributed by atoms with Crippen molar-refractivity contribution in [1.82, 2.24) is 14.9 Å². The fraction of sp³-hybridized carbons (Fsp3) is 0.286. The number of benzene rings is 2. The highest BCUT2D eigenvalue weighted by Gasteiger charge is 2.37. The number of aromatic nitrogens is 3. The van der Waals surface area contributed by atoms with Crippen molar-refractivity contribution in [2.75, 3.05) is 17.9 Å². The summed E-state index contributed by atoms with van der Waals surface area (Å²) in [5.41, 5.74) is 5.93. The normalized spacial score (nSPS) is 17.7. The third kappa shape index (κ3) is 3.85. The van der Waals surface area contributed by atoms with Crippen molar-refractivity contribution >= 4 is 35.0 Å². The van der Waals surface area contributed by atoms with E-state index in [1.54, 1.807) is 13.2 Å². The monoisotopic (exact) mass is 443 g/mol. The van der Waals surface area contributed by atoms with Crippen molar-refractivity contribution in [3.05, 3.63) is 64.4 Å². The number of aryl methyl sites for hydroxylation is 1. The first-order valence-electron chi connectivity index (χ1n) is 9.59. The minimum Gasteiger partial charge on any atom is -0.497 e. The van der Waals surface area contributed by atoms with Gasteiger partial charge in [-0.3, -0.25) is 4.79 Å². The molecule has 0 radical (unpaired) electrons. The molecule has 7 nitrogen and oxygen atoms in total.